The molecular formula is C24H27N5O3S. The van der Waals surface area contributed by atoms with Crippen molar-refractivity contribution in [1.29, 1.82) is 0 Å². The smallest absolute Gasteiger partial charge is 0.270 e. The number of carbonyl (C=O) groups excluding carboxylic acids is 2. The van der Waals surface area contributed by atoms with Gasteiger partial charge in [0, 0.05) is 31.4 Å². The molecule has 0 aliphatic carbocycles. The third-order valence-corrected chi connectivity index (χ3v) is 6.39. The zero-order chi connectivity index (χ0) is 23.2. The normalized spacial score (nSPS) is 13.3. The minimum absolute atomic E-state index is 0.0526. The van der Waals surface area contributed by atoms with Gasteiger partial charge in [-0.05, 0) is 43.5 Å². The van der Waals surface area contributed by atoms with Gasteiger partial charge in [0.15, 0.2) is 16.8 Å². The molecule has 2 aromatic heterocycles. The van der Waals surface area contributed by atoms with Crippen LogP contribution in [0.3, 0.4) is 0 Å². The second-order valence-corrected chi connectivity index (χ2v) is 8.86. The van der Waals surface area contributed by atoms with E-state index in [0.717, 1.165) is 37.2 Å². The van der Waals surface area contributed by atoms with Crippen LogP contribution in [-0.2, 0) is 13.2 Å². The molecule has 33 heavy (non-hydrogen) atoms. The second-order valence-electron chi connectivity index (χ2n) is 7.92. The highest BCUT2D eigenvalue weighted by Gasteiger charge is 2.22. The average molecular weight is 466 g/mol. The third-order valence-electron chi connectivity index (χ3n) is 5.42. The van der Waals surface area contributed by atoms with E-state index in [9.17, 15) is 9.59 Å². The second kappa shape index (κ2) is 10.5. The number of thioether (sulfide) groups is 1. The highest BCUT2D eigenvalue weighted by molar-refractivity contribution is 7.99. The van der Waals surface area contributed by atoms with E-state index in [4.69, 9.17) is 4.74 Å². The molecule has 1 aliphatic rings. The Morgan fingerprint density at radius 3 is 2.82 bits per heavy atom. The SMILES string of the molecule is C=CCn1c(COc2cccc(C)c2)nnc1SCC(=O)c1c[nH]c(C(=O)N2CCCC2)c1. The molecule has 1 saturated heterocycles. The fourth-order valence-corrected chi connectivity index (χ4v) is 4.54. The number of allylic oxidation sites excluding steroid dienone is 1. The highest BCUT2D eigenvalue weighted by atomic mass is 32.2. The van der Waals surface area contributed by atoms with E-state index in [-0.39, 0.29) is 24.1 Å². The Bertz CT molecular complexity index is 1150. The third kappa shape index (κ3) is 5.54. The Hall–Kier alpha value is -3.33. The molecule has 1 N–H and O–H groups in total. The summed E-state index contributed by atoms with van der Waals surface area (Å²) in [6.07, 6.45) is 5.41. The maximum atomic E-state index is 12.7. The van der Waals surface area contributed by atoms with Crippen molar-refractivity contribution in [2.24, 2.45) is 0 Å². The Morgan fingerprint density at radius 1 is 1.24 bits per heavy atom. The number of ketones is 1. The predicted octanol–water partition coefficient (Wildman–Crippen LogP) is 3.89. The van der Waals surface area contributed by atoms with E-state index in [1.165, 1.54) is 11.8 Å². The van der Waals surface area contributed by atoms with Crippen LogP contribution < -0.4 is 4.74 Å². The van der Waals surface area contributed by atoms with Gasteiger partial charge in [-0.3, -0.25) is 14.2 Å². The minimum atomic E-state index is -0.0811. The molecular weight excluding hydrogens is 438 g/mol. The van der Waals surface area contributed by atoms with Gasteiger partial charge < -0.3 is 14.6 Å². The van der Waals surface area contributed by atoms with Crippen LogP contribution in [0.15, 0.2) is 54.3 Å². The van der Waals surface area contributed by atoms with Crippen molar-refractivity contribution in [2.75, 3.05) is 18.8 Å². The summed E-state index contributed by atoms with van der Waals surface area (Å²) in [6.45, 7) is 8.13. The number of aromatic amines is 1. The number of nitrogens with one attached hydrogen (secondary N) is 1. The molecule has 1 fully saturated rings. The lowest BCUT2D eigenvalue weighted by molar-refractivity contribution is 0.0787. The maximum Gasteiger partial charge on any atom is 0.270 e. The molecule has 0 unspecified atom stereocenters. The molecule has 3 heterocycles. The molecule has 0 bridgehead atoms. The van der Waals surface area contributed by atoms with Gasteiger partial charge in [-0.1, -0.05) is 30.0 Å². The van der Waals surface area contributed by atoms with E-state index in [0.29, 0.717) is 28.8 Å². The fourth-order valence-electron chi connectivity index (χ4n) is 3.68. The van der Waals surface area contributed by atoms with Gasteiger partial charge in [0.05, 0.1) is 5.75 Å². The molecule has 1 aromatic carbocycles. The van der Waals surface area contributed by atoms with Crippen LogP contribution in [0.25, 0.3) is 0 Å². The van der Waals surface area contributed by atoms with Crippen LogP contribution in [0, 0.1) is 6.92 Å². The fraction of sp³-hybridized carbons (Fsp3) is 0.333. The topological polar surface area (TPSA) is 93.1 Å². The van der Waals surface area contributed by atoms with Gasteiger partial charge in [0.2, 0.25) is 0 Å². The number of amides is 1. The summed E-state index contributed by atoms with van der Waals surface area (Å²) >= 11 is 1.31. The number of Topliss-reactive ketones (excluding diaryl/α,β-unsaturated/α-hetero) is 1. The van der Waals surface area contributed by atoms with Crippen molar-refractivity contribution in [1.82, 2.24) is 24.6 Å². The summed E-state index contributed by atoms with van der Waals surface area (Å²) in [5.74, 6) is 1.47. The van der Waals surface area contributed by atoms with Gasteiger partial charge in [-0.2, -0.15) is 0 Å². The molecule has 1 aliphatic heterocycles. The van der Waals surface area contributed by atoms with E-state index >= 15 is 0 Å². The largest absolute Gasteiger partial charge is 0.486 e. The predicted molar refractivity (Wildman–Crippen MR) is 127 cm³/mol. The lowest BCUT2D eigenvalue weighted by Crippen LogP contribution is -2.27. The standard InChI is InChI=1S/C24H27N5O3S/c1-3-9-29-22(15-32-19-8-6-7-17(2)12-19)26-27-24(29)33-16-21(30)18-13-20(25-14-18)23(31)28-10-4-5-11-28/h3,6-8,12-14,25H,1,4-5,9-11,15-16H2,2H3. The number of ether oxygens (including phenoxy) is 1. The van der Waals surface area contributed by atoms with Crippen molar-refractivity contribution in [3.05, 3.63) is 71.8 Å². The first-order chi connectivity index (χ1) is 16.0. The maximum absolute atomic E-state index is 12.7. The van der Waals surface area contributed by atoms with Crippen molar-refractivity contribution in [3.8, 4) is 5.75 Å². The molecule has 8 nitrogen and oxygen atoms in total. The highest BCUT2D eigenvalue weighted by Crippen LogP contribution is 2.21. The number of carbonyl (C=O) groups is 2. The number of hydrogen-bond donors (Lipinski definition) is 1. The number of aryl methyl sites for hydroxylation is 1. The van der Waals surface area contributed by atoms with E-state index in [1.54, 1.807) is 18.3 Å². The first kappa shape index (κ1) is 22.8. The monoisotopic (exact) mass is 465 g/mol. The first-order valence-corrected chi connectivity index (χ1v) is 11.9. The molecule has 0 atom stereocenters. The number of H-pyrrole nitrogens is 1. The quantitative estimate of drug-likeness (QED) is 0.277. The molecule has 0 saturated carbocycles. The van der Waals surface area contributed by atoms with Crippen molar-refractivity contribution < 1.29 is 14.3 Å². The summed E-state index contributed by atoms with van der Waals surface area (Å²) in [7, 11) is 0. The molecule has 9 heteroatoms. The molecule has 4 rings (SSSR count). The minimum Gasteiger partial charge on any atom is -0.486 e. The van der Waals surface area contributed by atoms with Crippen LogP contribution in [0.4, 0.5) is 0 Å². The van der Waals surface area contributed by atoms with Gasteiger partial charge >= 0.3 is 0 Å². The summed E-state index contributed by atoms with van der Waals surface area (Å²) in [6, 6.07) is 9.45. The van der Waals surface area contributed by atoms with Gasteiger partial charge in [0.25, 0.3) is 5.91 Å². The lowest BCUT2D eigenvalue weighted by atomic mass is 10.2. The number of likely N-dealkylation sites (tertiary alicyclic amines) is 1. The number of hydrogen-bond acceptors (Lipinski definition) is 6. The summed E-state index contributed by atoms with van der Waals surface area (Å²) < 4.78 is 7.75. The molecule has 0 spiro atoms. The van der Waals surface area contributed by atoms with E-state index < -0.39 is 0 Å². The van der Waals surface area contributed by atoms with Crippen LogP contribution in [-0.4, -0.2) is 55.2 Å². The zero-order valence-corrected chi connectivity index (χ0v) is 19.4. The van der Waals surface area contributed by atoms with Gasteiger partial charge in [-0.25, -0.2) is 0 Å². The van der Waals surface area contributed by atoms with E-state index in [1.807, 2.05) is 40.7 Å². The summed E-state index contributed by atoms with van der Waals surface area (Å²) in [5, 5.41) is 9.11. The lowest BCUT2D eigenvalue weighted by Gasteiger charge is -2.13. The van der Waals surface area contributed by atoms with Crippen LogP contribution >= 0.6 is 11.8 Å². The first-order valence-electron chi connectivity index (χ1n) is 10.9. The van der Waals surface area contributed by atoms with Crippen molar-refractivity contribution in [3.63, 3.8) is 0 Å². The molecule has 172 valence electrons. The molecule has 0 radical (unpaired) electrons. The zero-order valence-electron chi connectivity index (χ0n) is 18.6. The number of nitrogens with zero attached hydrogens (tertiary/aromatic N) is 4. The van der Waals surface area contributed by atoms with Gasteiger partial charge in [-0.15, -0.1) is 16.8 Å². The van der Waals surface area contributed by atoms with Crippen LogP contribution in [0.1, 0.15) is 45.1 Å². The molecule has 1 amide bonds. The number of rotatable bonds is 10. The summed E-state index contributed by atoms with van der Waals surface area (Å²) in [4.78, 5) is 30.0. The van der Waals surface area contributed by atoms with Gasteiger partial charge in [0.1, 0.15) is 18.1 Å². The average Bonchev–Trinajstić information content (AvgIpc) is 3.58. The summed E-state index contributed by atoms with van der Waals surface area (Å²) in [5.41, 5.74) is 2.06. The Kier molecular flexibility index (Phi) is 7.29. The Labute approximate surface area is 197 Å². The number of benzene rings is 1. The number of aromatic nitrogens is 4. The van der Waals surface area contributed by atoms with Crippen LogP contribution in [0.5, 0.6) is 5.75 Å². The van der Waals surface area contributed by atoms with Crippen molar-refractivity contribution >= 4 is 23.5 Å². The van der Waals surface area contributed by atoms with Crippen LogP contribution in [0.2, 0.25) is 0 Å². The van der Waals surface area contributed by atoms with E-state index in [2.05, 4.69) is 21.8 Å². The van der Waals surface area contributed by atoms with Crippen molar-refractivity contribution in [2.45, 2.75) is 38.1 Å². The Balaban J connectivity index is 1.38. The molecule has 3 aromatic rings. The Morgan fingerprint density at radius 2 is 2.06 bits per heavy atom.